The van der Waals surface area contributed by atoms with E-state index in [2.05, 4.69) is 9.47 Å². The van der Waals surface area contributed by atoms with Gasteiger partial charge in [-0.1, -0.05) is 24.3 Å². The van der Waals surface area contributed by atoms with Gasteiger partial charge in [0.25, 0.3) is 0 Å². The van der Waals surface area contributed by atoms with E-state index < -0.39 is 6.10 Å². The minimum Gasteiger partial charge on any atom is -0.480 e. The minimum absolute atomic E-state index is 0. The average molecular weight is 510 g/mol. The van der Waals surface area contributed by atoms with E-state index in [0.717, 1.165) is 5.56 Å². The van der Waals surface area contributed by atoms with E-state index in [0.29, 0.717) is 29.8 Å². The third-order valence-corrected chi connectivity index (χ3v) is 5.95. The molecule has 0 aromatic heterocycles. The van der Waals surface area contributed by atoms with Crippen LogP contribution in [0.25, 0.3) is 0 Å². The Kier molecular flexibility index (Phi) is 9.73. The van der Waals surface area contributed by atoms with Crippen LogP contribution >= 0.6 is 36.5 Å². The third-order valence-electron chi connectivity index (χ3n) is 5.68. The van der Waals surface area contributed by atoms with Crippen LogP contribution in [0.1, 0.15) is 36.1 Å². The van der Waals surface area contributed by atoms with Crippen molar-refractivity contribution in [2.45, 2.75) is 25.0 Å². The SMILES string of the molecule is O=C1[C@H](CC[C@H](O)c2ccc(F)cc2)[C@@H](c2ccc(OP)cc2)N1c1ccc(F)cc1.S.S. The Morgan fingerprint density at radius 1 is 0.909 bits per heavy atom. The van der Waals surface area contributed by atoms with Crippen molar-refractivity contribution in [2.75, 3.05) is 4.90 Å². The Morgan fingerprint density at radius 2 is 1.45 bits per heavy atom. The number of carbonyl (C=O) groups is 1. The minimum atomic E-state index is -0.790. The second-order valence-corrected chi connectivity index (χ2v) is 7.80. The van der Waals surface area contributed by atoms with E-state index >= 15 is 0 Å². The Bertz CT molecular complexity index is 1050. The Labute approximate surface area is 208 Å². The lowest BCUT2D eigenvalue weighted by Gasteiger charge is -2.48. The van der Waals surface area contributed by atoms with Gasteiger partial charge < -0.3 is 14.5 Å². The summed E-state index contributed by atoms with van der Waals surface area (Å²) in [5, 5.41) is 10.5. The fourth-order valence-corrected chi connectivity index (χ4v) is 4.19. The van der Waals surface area contributed by atoms with Gasteiger partial charge in [0.05, 0.1) is 27.5 Å². The number of aliphatic hydroxyl groups excluding tert-OH is 1. The molecule has 1 aliphatic heterocycles. The van der Waals surface area contributed by atoms with Crippen molar-refractivity contribution >= 4 is 48.1 Å². The maximum absolute atomic E-state index is 13.4. The number of hydrogen-bond acceptors (Lipinski definition) is 3. The van der Waals surface area contributed by atoms with Crippen LogP contribution in [0.3, 0.4) is 0 Å². The zero-order valence-corrected chi connectivity index (χ0v) is 20.8. The van der Waals surface area contributed by atoms with E-state index in [1.807, 2.05) is 24.3 Å². The lowest BCUT2D eigenvalue weighted by molar-refractivity contribution is -0.131. The van der Waals surface area contributed by atoms with Crippen LogP contribution in [0, 0.1) is 17.6 Å². The summed E-state index contributed by atoms with van der Waals surface area (Å²) in [6.45, 7) is 0. The van der Waals surface area contributed by atoms with Crippen LogP contribution in [0.5, 0.6) is 5.75 Å². The molecule has 3 aromatic carbocycles. The van der Waals surface area contributed by atoms with Crippen molar-refractivity contribution in [1.29, 1.82) is 0 Å². The molecule has 1 saturated heterocycles. The molecule has 0 saturated carbocycles. The molecule has 1 amide bonds. The molecule has 0 spiro atoms. The topological polar surface area (TPSA) is 49.8 Å². The van der Waals surface area contributed by atoms with Gasteiger partial charge in [-0.25, -0.2) is 8.78 Å². The molecular weight excluding hydrogens is 483 g/mol. The molecule has 9 heteroatoms. The Hall–Kier alpha value is -2.12. The Morgan fingerprint density at radius 3 is 2.00 bits per heavy atom. The first-order chi connectivity index (χ1) is 15.0. The van der Waals surface area contributed by atoms with Crippen molar-refractivity contribution < 1.29 is 23.2 Å². The number of hydrogen-bond donors (Lipinski definition) is 1. The number of rotatable bonds is 7. The lowest BCUT2D eigenvalue weighted by atomic mass is 9.78. The van der Waals surface area contributed by atoms with Crippen molar-refractivity contribution in [3.05, 3.63) is 95.6 Å². The standard InChI is InChI=1S/C24H22F2NO3P.2H2S/c25-17-5-1-15(2-6-17)22(28)14-13-21-23(16-3-11-20(30-31)12-4-16)27(24(21)29)19-9-7-18(26)8-10-19;;/h1-12,21-23,28H,13-14,31H2;2*1H2/t21-,22+,23-;;/m1../s1. The fraction of sp³-hybridized carbons (Fsp3) is 0.208. The molecule has 1 unspecified atom stereocenters. The second-order valence-electron chi connectivity index (χ2n) is 7.57. The normalized spacial score (nSPS) is 17.9. The van der Waals surface area contributed by atoms with E-state index in [9.17, 15) is 18.7 Å². The third kappa shape index (κ3) is 5.87. The molecule has 1 heterocycles. The van der Waals surface area contributed by atoms with Crippen LogP contribution in [-0.2, 0) is 4.79 Å². The summed E-state index contributed by atoms with van der Waals surface area (Å²) in [4.78, 5) is 14.7. The van der Waals surface area contributed by atoms with Crippen LogP contribution in [0.2, 0.25) is 0 Å². The lowest BCUT2D eigenvalue weighted by Crippen LogP contribution is -2.55. The molecule has 4 rings (SSSR count). The highest BCUT2D eigenvalue weighted by molar-refractivity contribution is 7.59. The molecule has 0 radical (unpaired) electrons. The van der Waals surface area contributed by atoms with Gasteiger partial charge in [-0.15, -0.1) is 0 Å². The van der Waals surface area contributed by atoms with E-state index in [1.54, 1.807) is 29.2 Å². The monoisotopic (exact) mass is 509 g/mol. The van der Waals surface area contributed by atoms with Gasteiger partial charge in [-0.05, 0) is 72.5 Å². The molecule has 33 heavy (non-hydrogen) atoms. The summed E-state index contributed by atoms with van der Waals surface area (Å²) >= 11 is 0. The highest BCUT2D eigenvalue weighted by atomic mass is 32.1. The summed E-state index contributed by atoms with van der Waals surface area (Å²) in [5.74, 6) is -0.458. The smallest absolute Gasteiger partial charge is 0.233 e. The van der Waals surface area contributed by atoms with Crippen LogP contribution in [0.4, 0.5) is 14.5 Å². The number of anilines is 1. The maximum atomic E-state index is 13.4. The average Bonchev–Trinajstić information content (AvgIpc) is 2.79. The first-order valence-electron chi connectivity index (χ1n) is 9.97. The molecule has 4 atom stereocenters. The quantitative estimate of drug-likeness (QED) is 0.334. The summed E-state index contributed by atoms with van der Waals surface area (Å²) < 4.78 is 31.7. The van der Waals surface area contributed by atoms with Crippen LogP contribution < -0.4 is 9.42 Å². The maximum Gasteiger partial charge on any atom is 0.233 e. The van der Waals surface area contributed by atoms with Gasteiger partial charge >= 0.3 is 0 Å². The van der Waals surface area contributed by atoms with Gasteiger partial charge in [0.2, 0.25) is 5.91 Å². The molecular formula is C24H26F2NO3PS2. The van der Waals surface area contributed by atoms with E-state index in [1.165, 1.54) is 24.3 Å². The number of carbonyl (C=O) groups excluding carboxylic acids is 1. The molecule has 3 aromatic rings. The highest BCUT2D eigenvalue weighted by Crippen LogP contribution is 2.46. The molecule has 0 bridgehead atoms. The number of aliphatic hydroxyl groups is 1. The number of β-lactam (4-membered cyclic amide) rings is 1. The largest absolute Gasteiger partial charge is 0.480 e. The molecule has 4 nitrogen and oxygen atoms in total. The molecule has 1 N–H and O–H groups in total. The van der Waals surface area contributed by atoms with Crippen LogP contribution in [0.15, 0.2) is 72.8 Å². The summed E-state index contributed by atoms with van der Waals surface area (Å²) in [6.07, 6.45) is 0.0336. The first kappa shape index (κ1) is 27.1. The van der Waals surface area contributed by atoms with Crippen LogP contribution in [-0.4, -0.2) is 11.0 Å². The highest BCUT2D eigenvalue weighted by Gasteiger charge is 2.48. The summed E-state index contributed by atoms with van der Waals surface area (Å²) in [6, 6.07) is 18.7. The van der Waals surface area contributed by atoms with Crippen molar-refractivity contribution in [1.82, 2.24) is 0 Å². The summed E-state index contributed by atoms with van der Waals surface area (Å²) in [5.41, 5.74) is 2.16. The summed E-state index contributed by atoms with van der Waals surface area (Å²) in [7, 11) is 2.19. The fourth-order valence-electron chi connectivity index (χ4n) is 4.03. The first-order valence-corrected chi connectivity index (χ1v) is 10.4. The zero-order chi connectivity index (χ0) is 22.0. The van der Waals surface area contributed by atoms with Crippen molar-refractivity contribution in [2.24, 2.45) is 5.92 Å². The van der Waals surface area contributed by atoms with Crippen molar-refractivity contribution in [3.63, 3.8) is 0 Å². The molecule has 1 aliphatic rings. The molecule has 176 valence electrons. The van der Waals surface area contributed by atoms with Crippen molar-refractivity contribution in [3.8, 4) is 5.75 Å². The Balaban J connectivity index is 0.00000193. The van der Waals surface area contributed by atoms with E-state index in [4.69, 9.17) is 4.52 Å². The number of halogens is 2. The van der Waals surface area contributed by atoms with Gasteiger partial charge in [-0.2, -0.15) is 27.0 Å². The second kappa shape index (κ2) is 11.8. The number of benzene rings is 3. The molecule has 0 aliphatic carbocycles. The van der Waals surface area contributed by atoms with E-state index in [-0.39, 0.29) is 56.5 Å². The predicted octanol–water partition coefficient (Wildman–Crippen LogP) is 5.58. The van der Waals surface area contributed by atoms with Gasteiger partial charge in [0, 0.05) is 5.69 Å². The molecule has 1 fully saturated rings. The van der Waals surface area contributed by atoms with Gasteiger partial charge in [0.15, 0.2) is 0 Å². The van der Waals surface area contributed by atoms with Gasteiger partial charge in [0.1, 0.15) is 17.4 Å². The van der Waals surface area contributed by atoms with Gasteiger partial charge in [-0.3, -0.25) is 4.79 Å². The predicted molar refractivity (Wildman–Crippen MR) is 138 cm³/mol. The zero-order valence-electron chi connectivity index (χ0n) is 17.6. The number of amides is 1. The number of nitrogens with zero attached hydrogens (tertiary/aromatic N) is 1.